The zero-order valence-corrected chi connectivity index (χ0v) is 40.8. The SMILES string of the molecule is C=C(C)C1CCC2(NCCC3(O)CCC(OS(C)(=O)=O)CC3)CCC3(C)C(CCC4C5(C)CC=C(C6=CCC(CF)(C(=O)OCC(C)=CC=CC)CC6)C(C)(C)C5CCC43C)C12. The van der Waals surface area contributed by atoms with Crippen molar-refractivity contribution in [3.63, 3.8) is 0 Å². The van der Waals surface area contributed by atoms with Gasteiger partial charge in [-0.05, 0) is 204 Å². The van der Waals surface area contributed by atoms with Gasteiger partial charge in [-0.1, -0.05) is 77.2 Å². The summed E-state index contributed by atoms with van der Waals surface area (Å²) in [5, 5.41) is 15.8. The Morgan fingerprint density at radius 2 is 1.65 bits per heavy atom. The van der Waals surface area contributed by atoms with Gasteiger partial charge in [-0.3, -0.25) is 8.98 Å². The van der Waals surface area contributed by atoms with Crippen LogP contribution < -0.4 is 5.32 Å². The average molecular weight is 880 g/mol. The van der Waals surface area contributed by atoms with Gasteiger partial charge in [0.2, 0.25) is 0 Å². The van der Waals surface area contributed by atoms with Gasteiger partial charge in [0, 0.05) is 5.54 Å². The first-order chi connectivity index (χ1) is 29.0. The highest BCUT2D eigenvalue weighted by atomic mass is 32.2. The molecule has 9 heteroatoms. The number of hydrogen-bond acceptors (Lipinski definition) is 7. The van der Waals surface area contributed by atoms with Gasteiger partial charge in [0.25, 0.3) is 10.1 Å². The number of halogens is 1. The van der Waals surface area contributed by atoms with Crippen molar-refractivity contribution in [2.24, 2.45) is 56.7 Å². The molecule has 7 rings (SSSR count). The Balaban J connectivity index is 1.07. The van der Waals surface area contributed by atoms with Crippen molar-refractivity contribution in [1.82, 2.24) is 5.32 Å². The zero-order valence-electron chi connectivity index (χ0n) is 40.0. The second-order valence-corrected chi connectivity index (χ2v) is 24.8. The number of fused-ring (bicyclic) bond motifs is 7. The fraction of sp³-hybridized carbons (Fsp3) is 0.792. The minimum atomic E-state index is -3.50. The van der Waals surface area contributed by atoms with Crippen molar-refractivity contribution in [3.05, 3.63) is 59.3 Å². The highest BCUT2D eigenvalue weighted by molar-refractivity contribution is 7.86. The van der Waals surface area contributed by atoms with Gasteiger partial charge in [-0.2, -0.15) is 8.42 Å². The van der Waals surface area contributed by atoms with Crippen molar-refractivity contribution in [1.29, 1.82) is 0 Å². The van der Waals surface area contributed by atoms with E-state index in [4.69, 9.17) is 8.92 Å². The topological polar surface area (TPSA) is 102 Å². The summed E-state index contributed by atoms with van der Waals surface area (Å²) in [6, 6.07) is 0. The molecule has 0 spiro atoms. The van der Waals surface area contributed by atoms with Crippen LogP contribution in [0, 0.1) is 56.7 Å². The van der Waals surface area contributed by atoms with Crippen molar-refractivity contribution in [3.8, 4) is 0 Å². The summed E-state index contributed by atoms with van der Waals surface area (Å²) in [5.41, 5.74) is 3.71. The molecule has 0 aromatic heterocycles. The van der Waals surface area contributed by atoms with Crippen LogP contribution in [0.3, 0.4) is 0 Å². The Labute approximate surface area is 375 Å². The standard InChI is InChI=1S/C53H82FNO6S/c1-11-12-13-37(4)34-60-46(56)51(35-54)25-16-38(17-26-51)41-21-23-48(7)43(47(41,5)6)22-24-50(9)44(48)15-14-42-45-40(36(2)3)20-29-53(45,31-30-49(42,50)8)55-33-32-52(57)27-18-39(19-28-52)61-62(10,58)59/h11-13,16,21,39-40,42-45,55,57H,2,14-15,17-20,22-35H2,1,3-10H3. The summed E-state index contributed by atoms with van der Waals surface area (Å²) < 4.78 is 49.2. The highest BCUT2D eigenvalue weighted by Gasteiger charge is 2.70. The molecule has 0 aromatic rings. The van der Waals surface area contributed by atoms with E-state index < -0.39 is 33.8 Å². The minimum absolute atomic E-state index is 0.0327. The lowest BCUT2D eigenvalue weighted by molar-refractivity contribution is -0.221. The maximum Gasteiger partial charge on any atom is 0.315 e. The average Bonchev–Trinajstić information content (AvgIpc) is 3.60. The second-order valence-electron chi connectivity index (χ2n) is 23.2. The third-order valence-corrected chi connectivity index (χ3v) is 20.2. The Hall–Kier alpha value is -2.07. The summed E-state index contributed by atoms with van der Waals surface area (Å²) in [6.07, 6.45) is 26.5. The molecule has 10 atom stereocenters. The Kier molecular flexibility index (Phi) is 13.4. The first kappa shape index (κ1) is 47.9. The maximum atomic E-state index is 14.8. The number of esters is 1. The Bertz CT molecular complexity index is 1960. The molecule has 10 unspecified atom stereocenters. The molecule has 7 nitrogen and oxygen atoms in total. The number of allylic oxidation sites excluding steroid dienone is 8. The second kappa shape index (κ2) is 17.3. The van der Waals surface area contributed by atoms with Crippen LogP contribution in [0.25, 0.3) is 0 Å². The molecule has 0 radical (unpaired) electrons. The van der Waals surface area contributed by atoms with Crippen LogP contribution in [0.2, 0.25) is 0 Å². The van der Waals surface area contributed by atoms with Crippen LogP contribution in [-0.4, -0.2) is 62.8 Å². The predicted molar refractivity (Wildman–Crippen MR) is 248 cm³/mol. The van der Waals surface area contributed by atoms with Crippen LogP contribution in [0.1, 0.15) is 165 Å². The summed E-state index contributed by atoms with van der Waals surface area (Å²) in [6.45, 7) is 24.0. The molecule has 2 N–H and O–H groups in total. The number of alkyl halides is 1. The molecular weight excluding hydrogens is 798 g/mol. The number of carbonyl (C=O) groups is 1. The van der Waals surface area contributed by atoms with Crippen molar-refractivity contribution >= 4 is 16.1 Å². The molecule has 0 bridgehead atoms. The lowest BCUT2D eigenvalue weighted by Gasteiger charge is -2.72. The maximum absolute atomic E-state index is 14.8. The molecule has 5 fully saturated rings. The summed E-state index contributed by atoms with van der Waals surface area (Å²) >= 11 is 0. The van der Waals surface area contributed by atoms with Crippen LogP contribution in [0.15, 0.2) is 59.3 Å². The lowest BCUT2D eigenvalue weighted by Crippen LogP contribution is -2.68. The van der Waals surface area contributed by atoms with Gasteiger partial charge in [0.05, 0.1) is 23.4 Å². The van der Waals surface area contributed by atoms with Crippen LogP contribution in [-0.2, 0) is 23.8 Å². The Morgan fingerprint density at radius 1 is 0.919 bits per heavy atom. The van der Waals surface area contributed by atoms with Gasteiger partial charge in [0.1, 0.15) is 13.3 Å². The van der Waals surface area contributed by atoms with Crippen LogP contribution in [0.4, 0.5) is 4.39 Å². The zero-order chi connectivity index (χ0) is 45.1. The Morgan fingerprint density at radius 3 is 2.27 bits per heavy atom. The molecule has 7 aliphatic carbocycles. The molecule has 0 heterocycles. The van der Waals surface area contributed by atoms with E-state index in [0.717, 1.165) is 37.6 Å². The van der Waals surface area contributed by atoms with E-state index in [1.54, 1.807) is 0 Å². The fourth-order valence-corrected chi connectivity index (χ4v) is 16.7. The monoisotopic (exact) mass is 880 g/mol. The molecule has 62 heavy (non-hydrogen) atoms. The molecule has 348 valence electrons. The highest BCUT2D eigenvalue weighted by Crippen LogP contribution is 2.76. The molecule has 0 aliphatic heterocycles. The summed E-state index contributed by atoms with van der Waals surface area (Å²) in [7, 11) is -3.50. The normalized spacial score (nSPS) is 43.1. The van der Waals surface area contributed by atoms with Gasteiger partial charge >= 0.3 is 5.97 Å². The lowest BCUT2D eigenvalue weighted by atomic mass is 9.33. The van der Waals surface area contributed by atoms with E-state index in [1.807, 2.05) is 32.1 Å². The van der Waals surface area contributed by atoms with Gasteiger partial charge in [0.15, 0.2) is 0 Å². The van der Waals surface area contributed by atoms with Crippen molar-refractivity contribution in [2.45, 2.75) is 182 Å². The van der Waals surface area contributed by atoms with E-state index >= 15 is 0 Å². The summed E-state index contributed by atoms with van der Waals surface area (Å²) in [4.78, 5) is 13.4. The van der Waals surface area contributed by atoms with E-state index in [9.17, 15) is 22.7 Å². The van der Waals surface area contributed by atoms with E-state index in [-0.39, 0.29) is 39.9 Å². The molecule has 0 saturated heterocycles. The summed E-state index contributed by atoms with van der Waals surface area (Å²) in [5.74, 6) is 2.37. The number of rotatable bonds is 13. The first-order valence-corrected chi connectivity index (χ1v) is 26.3. The van der Waals surface area contributed by atoms with Crippen molar-refractivity contribution < 1.29 is 31.6 Å². The first-order valence-electron chi connectivity index (χ1n) is 24.4. The smallest absolute Gasteiger partial charge is 0.315 e. The van der Waals surface area contributed by atoms with Crippen molar-refractivity contribution in [2.75, 3.05) is 26.1 Å². The molecule has 0 aromatic carbocycles. The van der Waals surface area contributed by atoms with Gasteiger partial charge in [-0.25, -0.2) is 4.39 Å². The number of aliphatic hydroxyl groups is 1. The van der Waals surface area contributed by atoms with E-state index in [1.165, 1.54) is 55.2 Å². The molecule has 5 saturated carbocycles. The number of carbonyl (C=O) groups excluding carboxylic acids is 1. The molecule has 7 aliphatic rings. The van der Waals surface area contributed by atoms with Gasteiger partial charge < -0.3 is 15.2 Å². The third kappa shape index (κ3) is 8.35. The van der Waals surface area contributed by atoms with E-state index in [2.05, 4.69) is 65.6 Å². The number of hydrogen-bond donors (Lipinski definition) is 2. The molecular formula is C53H82FNO6S. The minimum Gasteiger partial charge on any atom is -0.461 e. The van der Waals surface area contributed by atoms with Crippen LogP contribution >= 0.6 is 0 Å². The van der Waals surface area contributed by atoms with E-state index in [0.29, 0.717) is 81.0 Å². The quantitative estimate of drug-likeness (QED) is 0.0822. The van der Waals surface area contributed by atoms with Crippen LogP contribution in [0.5, 0.6) is 0 Å². The molecule has 0 amide bonds. The van der Waals surface area contributed by atoms with Gasteiger partial charge in [-0.15, -0.1) is 0 Å². The fourth-order valence-electron chi connectivity index (χ4n) is 16.0. The predicted octanol–water partition coefficient (Wildman–Crippen LogP) is 11.7. The number of ether oxygens (including phenoxy) is 1. The number of nitrogens with one attached hydrogen (secondary N) is 1. The third-order valence-electron chi connectivity index (χ3n) is 19.5. The largest absolute Gasteiger partial charge is 0.461 e.